The van der Waals surface area contributed by atoms with E-state index in [0.29, 0.717) is 17.0 Å². The molecule has 106 valence electrons. The van der Waals surface area contributed by atoms with Crippen LogP contribution in [0.1, 0.15) is 40.3 Å². The number of carbonyl (C=O) groups is 1. The van der Waals surface area contributed by atoms with Crippen LogP contribution >= 0.6 is 0 Å². The molecular weight excluding hydrogens is 256 g/mol. The van der Waals surface area contributed by atoms with Crippen LogP contribution in [0.3, 0.4) is 0 Å². The highest BCUT2D eigenvalue weighted by atomic mass is 16.5. The maximum atomic E-state index is 12.2. The van der Waals surface area contributed by atoms with Crippen LogP contribution in [-0.2, 0) is 0 Å². The lowest BCUT2D eigenvalue weighted by atomic mass is 10.1. The lowest BCUT2D eigenvalue weighted by Gasteiger charge is -2.15. The highest BCUT2D eigenvalue weighted by Gasteiger charge is 2.19. The molecule has 0 saturated carbocycles. The Morgan fingerprint density at radius 1 is 1.40 bits per heavy atom. The molecule has 20 heavy (non-hydrogen) atoms. The van der Waals surface area contributed by atoms with Crippen molar-refractivity contribution >= 4 is 5.91 Å². The Balaban J connectivity index is 2.15. The summed E-state index contributed by atoms with van der Waals surface area (Å²) >= 11 is 0. The van der Waals surface area contributed by atoms with Gasteiger partial charge in [0.05, 0.1) is 18.8 Å². The third-order valence-corrected chi connectivity index (χ3v) is 3.20. The Kier molecular flexibility index (Phi) is 4.08. The zero-order valence-corrected chi connectivity index (χ0v) is 12.1. The number of aryl methyl sites for hydroxylation is 2. The summed E-state index contributed by atoms with van der Waals surface area (Å²) in [6.45, 7) is 5.40. The molecule has 1 atom stereocenters. The summed E-state index contributed by atoms with van der Waals surface area (Å²) in [6, 6.07) is 7.48. The molecule has 0 spiro atoms. The molecule has 1 unspecified atom stereocenters. The molecule has 5 heteroatoms. The molecule has 1 N–H and O–H groups in total. The lowest BCUT2D eigenvalue weighted by molar-refractivity contribution is 0.0938. The summed E-state index contributed by atoms with van der Waals surface area (Å²) < 4.78 is 10.2. The van der Waals surface area contributed by atoms with Gasteiger partial charge < -0.3 is 14.6 Å². The Labute approximate surface area is 117 Å². The number of carbonyl (C=O) groups excluding carboxylic acids is 1. The van der Waals surface area contributed by atoms with Gasteiger partial charge in [-0.05, 0) is 38.5 Å². The Morgan fingerprint density at radius 2 is 2.15 bits per heavy atom. The topological polar surface area (TPSA) is 64.4 Å². The monoisotopic (exact) mass is 274 g/mol. The van der Waals surface area contributed by atoms with Gasteiger partial charge in [0, 0.05) is 0 Å². The summed E-state index contributed by atoms with van der Waals surface area (Å²) in [5.74, 6) is 1.11. The number of rotatable bonds is 4. The molecule has 0 radical (unpaired) electrons. The molecule has 1 aromatic heterocycles. The highest BCUT2D eigenvalue weighted by Crippen LogP contribution is 2.20. The van der Waals surface area contributed by atoms with E-state index in [9.17, 15) is 4.79 Å². The van der Waals surface area contributed by atoms with Crippen LogP contribution in [0, 0.1) is 13.8 Å². The van der Waals surface area contributed by atoms with Crippen molar-refractivity contribution in [1.29, 1.82) is 0 Å². The molecule has 0 aliphatic carbocycles. The molecule has 1 amide bonds. The summed E-state index contributed by atoms with van der Waals surface area (Å²) in [4.78, 5) is 12.2. The van der Waals surface area contributed by atoms with Crippen LogP contribution in [0.4, 0.5) is 0 Å². The van der Waals surface area contributed by atoms with Crippen LogP contribution in [0.25, 0.3) is 0 Å². The van der Waals surface area contributed by atoms with Crippen LogP contribution in [0.15, 0.2) is 28.8 Å². The van der Waals surface area contributed by atoms with E-state index >= 15 is 0 Å². The van der Waals surface area contributed by atoms with Crippen molar-refractivity contribution in [3.63, 3.8) is 0 Å². The largest absolute Gasteiger partial charge is 0.497 e. The van der Waals surface area contributed by atoms with Crippen molar-refractivity contribution in [2.45, 2.75) is 26.8 Å². The Bertz CT molecular complexity index is 600. The van der Waals surface area contributed by atoms with Crippen molar-refractivity contribution in [2.24, 2.45) is 0 Å². The molecule has 1 heterocycles. The molecular formula is C15H18N2O3. The molecule has 1 aromatic carbocycles. The van der Waals surface area contributed by atoms with Gasteiger partial charge in [-0.25, -0.2) is 0 Å². The molecule has 2 aromatic rings. The maximum absolute atomic E-state index is 12.2. The zero-order chi connectivity index (χ0) is 14.7. The van der Waals surface area contributed by atoms with E-state index in [1.165, 1.54) is 0 Å². The number of ether oxygens (including phenoxy) is 1. The number of methoxy groups -OCH3 is 1. The first-order valence-electron chi connectivity index (χ1n) is 6.40. The predicted octanol–water partition coefficient (Wildman–Crippen LogP) is 2.79. The van der Waals surface area contributed by atoms with Gasteiger partial charge in [0.1, 0.15) is 17.1 Å². The minimum absolute atomic E-state index is 0.133. The normalized spacial score (nSPS) is 12.0. The molecule has 5 nitrogen and oxygen atoms in total. The van der Waals surface area contributed by atoms with Crippen molar-refractivity contribution in [3.8, 4) is 5.75 Å². The summed E-state index contributed by atoms with van der Waals surface area (Å²) in [6.07, 6.45) is 0. The lowest BCUT2D eigenvalue weighted by Crippen LogP contribution is -2.27. The van der Waals surface area contributed by atoms with E-state index in [0.717, 1.165) is 11.3 Å². The highest BCUT2D eigenvalue weighted by molar-refractivity contribution is 5.96. The van der Waals surface area contributed by atoms with Crippen molar-refractivity contribution < 1.29 is 14.1 Å². The van der Waals surface area contributed by atoms with Crippen LogP contribution in [-0.4, -0.2) is 18.2 Å². The SMILES string of the molecule is COc1cccc(C(C)NC(=O)c2c(C)noc2C)c1. The maximum Gasteiger partial charge on any atom is 0.257 e. The zero-order valence-electron chi connectivity index (χ0n) is 12.1. The van der Waals surface area contributed by atoms with E-state index in [1.807, 2.05) is 31.2 Å². The summed E-state index contributed by atoms with van der Waals surface area (Å²) in [7, 11) is 1.62. The van der Waals surface area contributed by atoms with Gasteiger partial charge in [-0.15, -0.1) is 0 Å². The van der Waals surface area contributed by atoms with E-state index in [4.69, 9.17) is 9.26 Å². The van der Waals surface area contributed by atoms with Crippen LogP contribution in [0.2, 0.25) is 0 Å². The second-order valence-electron chi connectivity index (χ2n) is 4.67. The molecule has 2 rings (SSSR count). The van der Waals surface area contributed by atoms with E-state index in [-0.39, 0.29) is 11.9 Å². The molecule has 0 fully saturated rings. The number of nitrogens with one attached hydrogen (secondary N) is 1. The number of nitrogens with zero attached hydrogens (tertiary/aromatic N) is 1. The van der Waals surface area contributed by atoms with Gasteiger partial charge >= 0.3 is 0 Å². The van der Waals surface area contributed by atoms with E-state index in [1.54, 1.807) is 21.0 Å². The number of aromatic nitrogens is 1. The minimum atomic E-state index is -0.184. The van der Waals surface area contributed by atoms with Crippen molar-refractivity contribution in [2.75, 3.05) is 7.11 Å². The van der Waals surface area contributed by atoms with Gasteiger partial charge in [-0.3, -0.25) is 4.79 Å². The number of hydrogen-bond acceptors (Lipinski definition) is 4. The summed E-state index contributed by atoms with van der Waals surface area (Å²) in [5, 5.41) is 6.73. The fraction of sp³-hybridized carbons (Fsp3) is 0.333. The van der Waals surface area contributed by atoms with Gasteiger partial charge in [0.2, 0.25) is 0 Å². The Morgan fingerprint density at radius 3 is 2.75 bits per heavy atom. The van der Waals surface area contributed by atoms with Gasteiger partial charge in [-0.1, -0.05) is 17.3 Å². The Hall–Kier alpha value is -2.30. The number of hydrogen-bond donors (Lipinski definition) is 1. The molecule has 0 bridgehead atoms. The molecule has 0 saturated heterocycles. The van der Waals surface area contributed by atoms with Crippen LogP contribution in [0.5, 0.6) is 5.75 Å². The van der Waals surface area contributed by atoms with E-state index in [2.05, 4.69) is 10.5 Å². The standard InChI is InChI=1S/C15H18N2O3/c1-9(12-6-5-7-13(8-12)19-4)16-15(18)14-10(2)17-20-11(14)3/h5-9H,1-4H3,(H,16,18). The smallest absolute Gasteiger partial charge is 0.257 e. The average molecular weight is 274 g/mol. The summed E-state index contributed by atoms with van der Waals surface area (Å²) in [5.41, 5.74) is 2.07. The second kappa shape index (κ2) is 5.77. The van der Waals surface area contributed by atoms with Gasteiger partial charge in [0.25, 0.3) is 5.91 Å². The first-order chi connectivity index (χ1) is 9.52. The fourth-order valence-corrected chi connectivity index (χ4v) is 2.07. The van der Waals surface area contributed by atoms with Crippen LogP contribution < -0.4 is 10.1 Å². The fourth-order valence-electron chi connectivity index (χ4n) is 2.07. The van der Waals surface area contributed by atoms with E-state index < -0.39 is 0 Å². The van der Waals surface area contributed by atoms with Gasteiger partial charge in [-0.2, -0.15) is 0 Å². The third-order valence-electron chi connectivity index (χ3n) is 3.20. The minimum Gasteiger partial charge on any atom is -0.497 e. The van der Waals surface area contributed by atoms with Gasteiger partial charge in [0.15, 0.2) is 0 Å². The number of amides is 1. The number of benzene rings is 1. The second-order valence-corrected chi connectivity index (χ2v) is 4.67. The first kappa shape index (κ1) is 14.1. The predicted molar refractivity (Wildman–Crippen MR) is 74.9 cm³/mol. The van der Waals surface area contributed by atoms with Crippen molar-refractivity contribution in [3.05, 3.63) is 46.8 Å². The van der Waals surface area contributed by atoms with Crippen molar-refractivity contribution in [1.82, 2.24) is 10.5 Å². The third kappa shape index (κ3) is 2.82. The first-order valence-corrected chi connectivity index (χ1v) is 6.40. The molecule has 0 aliphatic rings. The average Bonchev–Trinajstić information content (AvgIpc) is 2.78. The quantitative estimate of drug-likeness (QED) is 0.931. The molecule has 0 aliphatic heterocycles.